The van der Waals surface area contributed by atoms with Gasteiger partial charge in [0, 0.05) is 12.0 Å². The van der Waals surface area contributed by atoms with E-state index in [4.69, 9.17) is 9.47 Å². The molecule has 1 amide bonds. The van der Waals surface area contributed by atoms with Crippen LogP contribution in [-0.4, -0.2) is 38.8 Å². The third-order valence-corrected chi connectivity index (χ3v) is 3.72. The van der Waals surface area contributed by atoms with Crippen LogP contribution in [0.1, 0.15) is 19.8 Å². The Morgan fingerprint density at radius 1 is 1.33 bits per heavy atom. The SMILES string of the molecule is COc1ccc(OCCNC(=O)[C@H]2CCN[C@@H](C)C2)cc1. The molecule has 0 unspecified atom stereocenters. The first-order valence-electron chi connectivity index (χ1n) is 7.47. The van der Waals surface area contributed by atoms with Gasteiger partial charge in [0.15, 0.2) is 0 Å². The quantitative estimate of drug-likeness (QED) is 0.782. The fourth-order valence-corrected chi connectivity index (χ4v) is 2.53. The largest absolute Gasteiger partial charge is 0.497 e. The summed E-state index contributed by atoms with van der Waals surface area (Å²) in [5, 5.41) is 6.30. The molecule has 1 aromatic carbocycles. The number of hydrogen-bond donors (Lipinski definition) is 2. The van der Waals surface area contributed by atoms with Gasteiger partial charge in [0.05, 0.1) is 13.7 Å². The van der Waals surface area contributed by atoms with Crippen molar-refractivity contribution in [3.05, 3.63) is 24.3 Å². The van der Waals surface area contributed by atoms with E-state index in [1.54, 1.807) is 7.11 Å². The third kappa shape index (κ3) is 4.93. The summed E-state index contributed by atoms with van der Waals surface area (Å²) < 4.78 is 10.7. The number of benzene rings is 1. The number of rotatable bonds is 6. The van der Waals surface area contributed by atoms with Crippen LogP contribution in [0.25, 0.3) is 0 Å². The van der Waals surface area contributed by atoms with Gasteiger partial charge in [-0.1, -0.05) is 0 Å². The van der Waals surface area contributed by atoms with Gasteiger partial charge in [0.2, 0.25) is 5.91 Å². The second-order valence-corrected chi connectivity index (χ2v) is 5.39. The average Bonchev–Trinajstić information content (AvgIpc) is 2.52. The fourth-order valence-electron chi connectivity index (χ4n) is 2.53. The van der Waals surface area contributed by atoms with E-state index >= 15 is 0 Å². The summed E-state index contributed by atoms with van der Waals surface area (Å²) in [5.41, 5.74) is 0. The lowest BCUT2D eigenvalue weighted by Gasteiger charge is -2.27. The minimum atomic E-state index is 0.127. The van der Waals surface area contributed by atoms with Gasteiger partial charge >= 0.3 is 0 Å². The van der Waals surface area contributed by atoms with Crippen molar-refractivity contribution < 1.29 is 14.3 Å². The topological polar surface area (TPSA) is 59.6 Å². The molecule has 1 aliphatic rings. The van der Waals surface area contributed by atoms with E-state index in [0.717, 1.165) is 30.9 Å². The Morgan fingerprint density at radius 3 is 2.71 bits per heavy atom. The van der Waals surface area contributed by atoms with Gasteiger partial charge in [-0.2, -0.15) is 0 Å². The van der Waals surface area contributed by atoms with Crippen LogP contribution in [0.4, 0.5) is 0 Å². The van der Waals surface area contributed by atoms with Crippen LogP contribution in [0.5, 0.6) is 11.5 Å². The lowest BCUT2D eigenvalue weighted by Crippen LogP contribution is -2.43. The van der Waals surface area contributed by atoms with Crippen LogP contribution in [0.2, 0.25) is 0 Å². The number of nitrogens with one attached hydrogen (secondary N) is 2. The second-order valence-electron chi connectivity index (χ2n) is 5.39. The van der Waals surface area contributed by atoms with E-state index in [0.29, 0.717) is 19.2 Å². The number of amides is 1. The van der Waals surface area contributed by atoms with Crippen molar-refractivity contribution >= 4 is 5.91 Å². The maximum Gasteiger partial charge on any atom is 0.223 e. The van der Waals surface area contributed by atoms with Gasteiger partial charge in [-0.25, -0.2) is 0 Å². The molecule has 21 heavy (non-hydrogen) atoms. The number of carbonyl (C=O) groups is 1. The molecule has 5 nitrogen and oxygen atoms in total. The first kappa shape index (κ1) is 15.6. The Hall–Kier alpha value is -1.75. The number of piperidine rings is 1. The van der Waals surface area contributed by atoms with Crippen molar-refractivity contribution in [3.63, 3.8) is 0 Å². The molecule has 0 aromatic heterocycles. The van der Waals surface area contributed by atoms with Crippen molar-refractivity contribution in [2.75, 3.05) is 26.8 Å². The smallest absolute Gasteiger partial charge is 0.223 e. The lowest BCUT2D eigenvalue weighted by molar-refractivity contribution is -0.126. The summed E-state index contributed by atoms with van der Waals surface area (Å²) in [6.45, 7) is 4.04. The molecule has 2 atom stereocenters. The minimum Gasteiger partial charge on any atom is -0.497 e. The predicted octanol–water partition coefficient (Wildman–Crippen LogP) is 1.58. The van der Waals surface area contributed by atoms with E-state index < -0.39 is 0 Å². The molecule has 1 aromatic rings. The van der Waals surface area contributed by atoms with Gasteiger partial charge in [0.1, 0.15) is 18.1 Å². The molecule has 1 aliphatic heterocycles. The van der Waals surface area contributed by atoms with Crippen LogP contribution in [0.15, 0.2) is 24.3 Å². The highest BCUT2D eigenvalue weighted by molar-refractivity contribution is 5.78. The van der Waals surface area contributed by atoms with Crippen LogP contribution >= 0.6 is 0 Å². The number of carbonyl (C=O) groups excluding carboxylic acids is 1. The van der Waals surface area contributed by atoms with E-state index in [2.05, 4.69) is 17.6 Å². The second kappa shape index (κ2) is 7.88. The highest BCUT2D eigenvalue weighted by Crippen LogP contribution is 2.17. The molecule has 5 heteroatoms. The normalized spacial score (nSPS) is 21.6. The predicted molar refractivity (Wildman–Crippen MR) is 81.7 cm³/mol. The van der Waals surface area contributed by atoms with E-state index in [-0.39, 0.29) is 11.8 Å². The first-order chi connectivity index (χ1) is 10.2. The van der Waals surface area contributed by atoms with Crippen LogP contribution in [0, 0.1) is 5.92 Å². The van der Waals surface area contributed by atoms with Gasteiger partial charge in [0.25, 0.3) is 0 Å². The molecule has 0 bridgehead atoms. The fraction of sp³-hybridized carbons (Fsp3) is 0.562. The highest BCUT2D eigenvalue weighted by Gasteiger charge is 2.24. The molecule has 1 fully saturated rings. The summed E-state index contributed by atoms with van der Waals surface area (Å²) in [6, 6.07) is 7.84. The average molecular weight is 292 g/mol. The van der Waals surface area contributed by atoms with Crippen LogP contribution < -0.4 is 20.1 Å². The maximum atomic E-state index is 12.0. The maximum absolute atomic E-state index is 12.0. The zero-order chi connectivity index (χ0) is 15.1. The van der Waals surface area contributed by atoms with E-state index in [9.17, 15) is 4.79 Å². The monoisotopic (exact) mass is 292 g/mol. The zero-order valence-electron chi connectivity index (χ0n) is 12.7. The number of methoxy groups -OCH3 is 1. The molecular formula is C16H24N2O3. The van der Waals surface area contributed by atoms with E-state index in [1.807, 2.05) is 24.3 Å². The molecular weight excluding hydrogens is 268 g/mol. The van der Waals surface area contributed by atoms with Gasteiger partial charge < -0.3 is 20.1 Å². The Bertz CT molecular complexity index is 447. The summed E-state index contributed by atoms with van der Waals surface area (Å²) in [5.74, 6) is 1.85. The standard InChI is InChI=1S/C16H24N2O3/c1-12-11-13(7-8-17-12)16(19)18-9-10-21-15-5-3-14(20-2)4-6-15/h3-6,12-13,17H,7-11H2,1-2H3,(H,18,19)/t12-,13-/m0/s1. The minimum absolute atomic E-state index is 0.127. The van der Waals surface area contributed by atoms with Crippen molar-refractivity contribution in [1.82, 2.24) is 10.6 Å². The van der Waals surface area contributed by atoms with Crippen LogP contribution in [-0.2, 0) is 4.79 Å². The van der Waals surface area contributed by atoms with Crippen molar-refractivity contribution in [3.8, 4) is 11.5 Å². The van der Waals surface area contributed by atoms with Gasteiger partial charge in [-0.05, 0) is 50.6 Å². The van der Waals surface area contributed by atoms with Crippen molar-refractivity contribution in [2.24, 2.45) is 5.92 Å². The van der Waals surface area contributed by atoms with Gasteiger partial charge in [-0.3, -0.25) is 4.79 Å². The molecule has 0 radical (unpaired) electrons. The van der Waals surface area contributed by atoms with Crippen molar-refractivity contribution in [2.45, 2.75) is 25.8 Å². The lowest BCUT2D eigenvalue weighted by atomic mass is 9.92. The molecule has 0 aliphatic carbocycles. The molecule has 2 rings (SSSR count). The summed E-state index contributed by atoms with van der Waals surface area (Å²) in [6.07, 6.45) is 1.82. The molecule has 2 N–H and O–H groups in total. The summed E-state index contributed by atoms with van der Waals surface area (Å²) in [4.78, 5) is 12.0. The van der Waals surface area contributed by atoms with E-state index in [1.165, 1.54) is 0 Å². The summed E-state index contributed by atoms with van der Waals surface area (Å²) in [7, 11) is 1.63. The molecule has 0 spiro atoms. The Labute approximate surface area is 126 Å². The Morgan fingerprint density at radius 2 is 2.05 bits per heavy atom. The first-order valence-corrected chi connectivity index (χ1v) is 7.47. The third-order valence-electron chi connectivity index (χ3n) is 3.72. The molecule has 1 saturated heterocycles. The number of ether oxygens (including phenoxy) is 2. The number of hydrogen-bond acceptors (Lipinski definition) is 4. The van der Waals surface area contributed by atoms with Gasteiger partial charge in [-0.15, -0.1) is 0 Å². The Kier molecular flexibility index (Phi) is 5.87. The zero-order valence-corrected chi connectivity index (χ0v) is 12.7. The Balaban J connectivity index is 1.65. The molecule has 0 saturated carbocycles. The molecule has 1 heterocycles. The summed E-state index contributed by atoms with van der Waals surface area (Å²) >= 11 is 0. The highest BCUT2D eigenvalue weighted by atomic mass is 16.5. The van der Waals surface area contributed by atoms with Crippen molar-refractivity contribution in [1.29, 1.82) is 0 Å². The van der Waals surface area contributed by atoms with Crippen LogP contribution in [0.3, 0.4) is 0 Å². The molecule has 116 valence electrons.